The molecule has 84 valence electrons. The van der Waals surface area contributed by atoms with Crippen LogP contribution in [0.15, 0.2) is 41.4 Å². The summed E-state index contributed by atoms with van der Waals surface area (Å²) in [5.74, 6) is 0. The Morgan fingerprint density at radius 3 is 2.94 bits per heavy atom. The molecule has 0 unspecified atom stereocenters. The molecule has 0 aliphatic heterocycles. The fourth-order valence-electron chi connectivity index (χ4n) is 1.83. The fourth-order valence-corrected chi connectivity index (χ4v) is 2.48. The van der Waals surface area contributed by atoms with Gasteiger partial charge in [0.25, 0.3) is 0 Å². The van der Waals surface area contributed by atoms with E-state index in [1.165, 1.54) is 15.8 Å². The van der Waals surface area contributed by atoms with E-state index in [1.807, 2.05) is 19.1 Å². The minimum absolute atomic E-state index is 0.831. The van der Waals surface area contributed by atoms with Gasteiger partial charge in [0.15, 0.2) is 0 Å². The molecule has 0 radical (unpaired) electrons. The molecule has 3 heteroatoms. The van der Waals surface area contributed by atoms with Crippen LogP contribution in [0, 0.1) is 0 Å². The Balaban J connectivity index is 2.57. The van der Waals surface area contributed by atoms with Gasteiger partial charge in [0.2, 0.25) is 0 Å². The Hall–Kier alpha value is -1.35. The number of nitrogens with two attached hydrogens (primary N) is 1. The molecule has 1 aromatic heterocycles. The fraction of sp³-hybridized carbons (Fsp3) is 0.231. The molecular weight excluding hydrogens is 216 g/mol. The van der Waals surface area contributed by atoms with Crippen molar-refractivity contribution in [2.75, 3.05) is 12.0 Å². The van der Waals surface area contributed by atoms with Crippen LogP contribution in [0.2, 0.25) is 0 Å². The van der Waals surface area contributed by atoms with Crippen LogP contribution in [0.25, 0.3) is 10.9 Å². The second kappa shape index (κ2) is 4.66. The van der Waals surface area contributed by atoms with E-state index in [2.05, 4.69) is 35.2 Å². The molecule has 1 aromatic carbocycles. The molecule has 2 rings (SSSR count). The summed E-state index contributed by atoms with van der Waals surface area (Å²) in [6.45, 7) is 2.94. The second-order valence-corrected chi connectivity index (χ2v) is 4.54. The van der Waals surface area contributed by atoms with Gasteiger partial charge in [0, 0.05) is 28.7 Å². The van der Waals surface area contributed by atoms with Crippen LogP contribution in [0.3, 0.4) is 0 Å². The zero-order valence-corrected chi connectivity index (χ0v) is 10.4. The highest BCUT2D eigenvalue weighted by atomic mass is 32.2. The lowest BCUT2D eigenvalue weighted by Gasteiger charge is -2.05. The van der Waals surface area contributed by atoms with Crippen LogP contribution in [0.4, 0.5) is 5.69 Å². The van der Waals surface area contributed by atoms with Crippen molar-refractivity contribution < 1.29 is 0 Å². The number of anilines is 1. The lowest BCUT2D eigenvalue weighted by molar-refractivity contribution is 0.862. The van der Waals surface area contributed by atoms with Gasteiger partial charge in [0.1, 0.15) is 0 Å². The lowest BCUT2D eigenvalue weighted by atomic mass is 10.2. The molecule has 0 saturated heterocycles. The summed E-state index contributed by atoms with van der Waals surface area (Å²) < 4.78 is 2.21. The highest BCUT2D eigenvalue weighted by Gasteiger charge is 2.05. The van der Waals surface area contributed by atoms with E-state index in [0.29, 0.717) is 0 Å². The van der Waals surface area contributed by atoms with Gasteiger partial charge in [-0.15, -0.1) is 11.8 Å². The molecule has 0 amide bonds. The van der Waals surface area contributed by atoms with Crippen molar-refractivity contribution in [3.05, 3.63) is 36.5 Å². The van der Waals surface area contributed by atoms with Crippen LogP contribution in [-0.4, -0.2) is 10.8 Å². The number of rotatable bonds is 3. The monoisotopic (exact) mass is 232 g/mol. The minimum Gasteiger partial charge on any atom is -0.399 e. The Morgan fingerprint density at radius 2 is 2.25 bits per heavy atom. The highest BCUT2D eigenvalue weighted by Crippen LogP contribution is 2.29. The van der Waals surface area contributed by atoms with Crippen molar-refractivity contribution in [1.29, 1.82) is 0 Å². The highest BCUT2D eigenvalue weighted by molar-refractivity contribution is 7.98. The maximum Gasteiger partial charge on any atom is 0.0515 e. The Bertz CT molecular complexity index is 526. The smallest absolute Gasteiger partial charge is 0.0515 e. The summed E-state index contributed by atoms with van der Waals surface area (Å²) in [4.78, 5) is 1.24. The summed E-state index contributed by atoms with van der Waals surface area (Å²) in [6.07, 6.45) is 8.40. The van der Waals surface area contributed by atoms with Crippen molar-refractivity contribution in [3.8, 4) is 0 Å². The second-order valence-electron chi connectivity index (χ2n) is 3.69. The number of nitrogen functional groups attached to an aromatic ring is 1. The maximum atomic E-state index is 5.91. The predicted molar refractivity (Wildman–Crippen MR) is 72.9 cm³/mol. The SMILES string of the molecule is C/C=C/Cn1ccc2c(SC)cc(N)cc21. The minimum atomic E-state index is 0.831. The van der Waals surface area contributed by atoms with Gasteiger partial charge in [-0.05, 0) is 31.4 Å². The molecule has 2 aromatic rings. The predicted octanol–water partition coefficient (Wildman–Crippen LogP) is 3.52. The van der Waals surface area contributed by atoms with E-state index in [-0.39, 0.29) is 0 Å². The third-order valence-corrected chi connectivity index (χ3v) is 3.41. The molecule has 2 N–H and O–H groups in total. The van der Waals surface area contributed by atoms with Gasteiger partial charge < -0.3 is 10.3 Å². The molecule has 0 aliphatic rings. The molecule has 2 nitrogen and oxygen atoms in total. The first-order chi connectivity index (χ1) is 7.76. The molecule has 0 bridgehead atoms. The molecule has 1 heterocycles. The van der Waals surface area contributed by atoms with E-state index in [4.69, 9.17) is 5.73 Å². The Kier molecular flexibility index (Phi) is 3.25. The van der Waals surface area contributed by atoms with Gasteiger partial charge in [-0.3, -0.25) is 0 Å². The standard InChI is InChI=1S/C13H16N2S/c1-3-4-6-15-7-5-11-12(15)8-10(14)9-13(11)16-2/h3-5,7-9H,6,14H2,1-2H3/b4-3+. The molecule has 0 saturated carbocycles. The molecule has 0 fully saturated rings. The maximum absolute atomic E-state index is 5.91. The van der Waals surface area contributed by atoms with Crippen LogP contribution in [0.5, 0.6) is 0 Å². The number of hydrogen-bond donors (Lipinski definition) is 1. The number of benzene rings is 1. The number of thioether (sulfide) groups is 1. The zero-order chi connectivity index (χ0) is 11.5. The van der Waals surface area contributed by atoms with Gasteiger partial charge >= 0.3 is 0 Å². The summed E-state index contributed by atoms with van der Waals surface area (Å²) in [6, 6.07) is 6.23. The number of nitrogens with zero attached hydrogens (tertiary/aromatic N) is 1. The molecule has 0 aliphatic carbocycles. The Morgan fingerprint density at radius 1 is 1.44 bits per heavy atom. The van der Waals surface area contributed by atoms with Crippen LogP contribution >= 0.6 is 11.8 Å². The van der Waals surface area contributed by atoms with E-state index in [0.717, 1.165) is 12.2 Å². The number of hydrogen-bond acceptors (Lipinski definition) is 2. The quantitative estimate of drug-likeness (QED) is 0.498. The zero-order valence-electron chi connectivity index (χ0n) is 9.60. The average molecular weight is 232 g/mol. The van der Waals surface area contributed by atoms with Gasteiger partial charge in [-0.1, -0.05) is 12.2 Å². The Labute approximate surface area is 100 Å². The van der Waals surface area contributed by atoms with Gasteiger partial charge in [-0.25, -0.2) is 0 Å². The first kappa shape index (κ1) is 11.1. The third kappa shape index (κ3) is 1.95. The summed E-state index contributed by atoms with van der Waals surface area (Å²) in [5.41, 5.74) is 7.95. The van der Waals surface area contributed by atoms with Crippen molar-refractivity contribution in [1.82, 2.24) is 4.57 Å². The summed E-state index contributed by atoms with van der Waals surface area (Å²) in [7, 11) is 0. The first-order valence-corrected chi connectivity index (χ1v) is 6.52. The lowest BCUT2D eigenvalue weighted by Crippen LogP contribution is -1.94. The molecule has 16 heavy (non-hydrogen) atoms. The van der Waals surface area contributed by atoms with Crippen molar-refractivity contribution in [3.63, 3.8) is 0 Å². The van der Waals surface area contributed by atoms with Crippen molar-refractivity contribution in [2.24, 2.45) is 0 Å². The molecule has 0 spiro atoms. The molecular formula is C13H16N2S. The summed E-state index contributed by atoms with van der Waals surface area (Å²) in [5, 5.41) is 1.28. The van der Waals surface area contributed by atoms with Crippen LogP contribution in [0.1, 0.15) is 6.92 Å². The van der Waals surface area contributed by atoms with Crippen LogP contribution in [-0.2, 0) is 6.54 Å². The van der Waals surface area contributed by atoms with E-state index < -0.39 is 0 Å². The molecule has 0 atom stereocenters. The van der Waals surface area contributed by atoms with E-state index in [1.54, 1.807) is 11.8 Å². The van der Waals surface area contributed by atoms with E-state index >= 15 is 0 Å². The number of aromatic nitrogens is 1. The first-order valence-electron chi connectivity index (χ1n) is 5.29. The normalized spacial score (nSPS) is 11.6. The third-order valence-electron chi connectivity index (χ3n) is 2.63. The van der Waals surface area contributed by atoms with Crippen LogP contribution < -0.4 is 5.73 Å². The van der Waals surface area contributed by atoms with E-state index in [9.17, 15) is 0 Å². The van der Waals surface area contributed by atoms with Crippen molar-refractivity contribution >= 4 is 28.4 Å². The van der Waals surface area contributed by atoms with Gasteiger partial charge in [0.05, 0.1) is 5.52 Å². The average Bonchev–Trinajstić information content (AvgIpc) is 2.68. The largest absolute Gasteiger partial charge is 0.399 e. The summed E-state index contributed by atoms with van der Waals surface area (Å²) >= 11 is 1.74. The van der Waals surface area contributed by atoms with Crippen molar-refractivity contribution in [2.45, 2.75) is 18.4 Å². The number of allylic oxidation sites excluding steroid dienone is 2. The van der Waals surface area contributed by atoms with Gasteiger partial charge in [-0.2, -0.15) is 0 Å². The number of fused-ring (bicyclic) bond motifs is 1. The topological polar surface area (TPSA) is 30.9 Å².